The molecule has 0 unspecified atom stereocenters. The minimum Gasteiger partial charge on any atom is -0.464 e. The van der Waals surface area contributed by atoms with Gasteiger partial charge in [-0.3, -0.25) is 0 Å². The van der Waals surface area contributed by atoms with Crippen molar-refractivity contribution in [2.45, 2.75) is 39.0 Å². The molecule has 27 heavy (non-hydrogen) atoms. The number of halogens is 1. The van der Waals surface area contributed by atoms with E-state index in [4.69, 9.17) is 21.1 Å². The van der Waals surface area contributed by atoms with E-state index in [0.717, 1.165) is 0 Å². The molecule has 1 aromatic rings. The van der Waals surface area contributed by atoms with Gasteiger partial charge in [0.25, 0.3) is 0 Å². The summed E-state index contributed by atoms with van der Waals surface area (Å²) in [6, 6.07) is 3.05. The smallest absolute Gasteiger partial charge is 0.410 e. The summed E-state index contributed by atoms with van der Waals surface area (Å²) >= 11 is 6.11. The fraction of sp³-hybridized carbons (Fsp3) is 0.611. The van der Waals surface area contributed by atoms with Gasteiger partial charge in [-0.1, -0.05) is 11.6 Å². The lowest BCUT2D eigenvalue weighted by Crippen LogP contribution is -2.55. The van der Waals surface area contributed by atoms with Gasteiger partial charge in [-0.05, 0) is 32.9 Å². The zero-order valence-corrected chi connectivity index (χ0v) is 16.8. The molecular weight excluding hydrogens is 374 g/mol. The highest BCUT2D eigenvalue weighted by Crippen LogP contribution is 2.16. The van der Waals surface area contributed by atoms with Crippen LogP contribution in [0.1, 0.15) is 37.0 Å². The van der Waals surface area contributed by atoms with Gasteiger partial charge in [-0.2, -0.15) is 0 Å². The number of nitrogens with one attached hydrogen (secondary N) is 1. The predicted molar refractivity (Wildman–Crippen MR) is 99.8 cm³/mol. The van der Waals surface area contributed by atoms with E-state index in [1.54, 1.807) is 11.0 Å². The summed E-state index contributed by atoms with van der Waals surface area (Å²) in [6.07, 6.45) is -0.329. The standard InChI is InChI=1S/C18H26ClN3O5/c1-18(2,3)27-17(24)22-8-7-20-12(9-22)10-26-11-15-13(19)5-6-14(21-15)16(23)25-4/h5-6,12,20H,7-11H2,1-4H3/t12-/m1/s1. The Labute approximate surface area is 164 Å². The summed E-state index contributed by atoms with van der Waals surface area (Å²) in [5.41, 5.74) is 0.105. The molecule has 0 bridgehead atoms. The minimum atomic E-state index is -0.533. The van der Waals surface area contributed by atoms with Gasteiger partial charge < -0.3 is 24.4 Å². The molecule has 0 aromatic carbocycles. The van der Waals surface area contributed by atoms with Crippen molar-refractivity contribution in [1.29, 1.82) is 0 Å². The molecule has 8 nitrogen and oxygen atoms in total. The van der Waals surface area contributed by atoms with Crippen molar-refractivity contribution in [3.63, 3.8) is 0 Å². The van der Waals surface area contributed by atoms with E-state index in [9.17, 15) is 9.59 Å². The average molecular weight is 400 g/mol. The van der Waals surface area contributed by atoms with Gasteiger partial charge in [0, 0.05) is 25.7 Å². The van der Waals surface area contributed by atoms with Gasteiger partial charge in [-0.25, -0.2) is 14.6 Å². The van der Waals surface area contributed by atoms with E-state index in [1.807, 2.05) is 20.8 Å². The van der Waals surface area contributed by atoms with Crippen molar-refractivity contribution in [3.8, 4) is 0 Å². The molecule has 0 radical (unpaired) electrons. The SMILES string of the molecule is COC(=O)c1ccc(Cl)c(COC[C@H]2CN(C(=O)OC(C)(C)C)CCN2)n1. The monoisotopic (exact) mass is 399 g/mol. The van der Waals surface area contributed by atoms with Crippen LogP contribution >= 0.6 is 11.6 Å². The van der Waals surface area contributed by atoms with Crippen LogP contribution in [0.25, 0.3) is 0 Å². The number of nitrogens with zero attached hydrogens (tertiary/aromatic N) is 2. The van der Waals surface area contributed by atoms with Crippen molar-refractivity contribution in [1.82, 2.24) is 15.2 Å². The summed E-state index contributed by atoms with van der Waals surface area (Å²) in [6.45, 7) is 7.75. The van der Waals surface area contributed by atoms with Gasteiger partial charge in [-0.15, -0.1) is 0 Å². The van der Waals surface area contributed by atoms with Crippen molar-refractivity contribution in [2.24, 2.45) is 0 Å². The maximum Gasteiger partial charge on any atom is 0.410 e. The Morgan fingerprint density at radius 2 is 2.11 bits per heavy atom. The summed E-state index contributed by atoms with van der Waals surface area (Å²) < 4.78 is 15.8. The number of hydrogen-bond donors (Lipinski definition) is 1. The Balaban J connectivity index is 1.86. The number of pyridine rings is 1. The highest BCUT2D eigenvalue weighted by molar-refractivity contribution is 6.31. The molecule has 2 rings (SSSR count). The van der Waals surface area contributed by atoms with Crippen molar-refractivity contribution in [3.05, 3.63) is 28.5 Å². The van der Waals surface area contributed by atoms with E-state index < -0.39 is 11.6 Å². The second-order valence-corrected chi connectivity index (χ2v) is 7.62. The molecule has 1 aliphatic rings. The molecule has 150 valence electrons. The molecule has 1 aliphatic heterocycles. The lowest BCUT2D eigenvalue weighted by atomic mass is 10.2. The lowest BCUT2D eigenvalue weighted by molar-refractivity contribution is 0.0126. The molecule has 2 heterocycles. The molecule has 1 atom stereocenters. The lowest BCUT2D eigenvalue weighted by Gasteiger charge is -2.34. The number of piperazine rings is 1. The summed E-state index contributed by atoms with van der Waals surface area (Å²) in [7, 11) is 1.29. The third-order valence-electron chi connectivity index (χ3n) is 3.78. The van der Waals surface area contributed by atoms with Crippen LogP contribution in [0.3, 0.4) is 0 Å². The normalized spacial score (nSPS) is 17.5. The van der Waals surface area contributed by atoms with Crippen LogP contribution in [-0.4, -0.2) is 66.9 Å². The molecule has 0 aliphatic carbocycles. The van der Waals surface area contributed by atoms with Crippen molar-refractivity contribution in [2.75, 3.05) is 33.4 Å². The molecule has 1 amide bonds. The van der Waals surface area contributed by atoms with Crippen LogP contribution in [-0.2, 0) is 20.8 Å². The predicted octanol–water partition coefficient (Wildman–Crippen LogP) is 2.25. The first-order valence-electron chi connectivity index (χ1n) is 8.72. The maximum absolute atomic E-state index is 12.2. The number of amides is 1. The van der Waals surface area contributed by atoms with E-state index in [0.29, 0.717) is 37.0 Å². The Morgan fingerprint density at radius 3 is 2.78 bits per heavy atom. The quantitative estimate of drug-likeness (QED) is 0.759. The zero-order valence-electron chi connectivity index (χ0n) is 16.1. The third kappa shape index (κ3) is 6.64. The number of hydrogen-bond acceptors (Lipinski definition) is 7. The molecule has 0 saturated carbocycles. The van der Waals surface area contributed by atoms with Gasteiger partial charge in [0.05, 0.1) is 31.0 Å². The van der Waals surface area contributed by atoms with Gasteiger partial charge >= 0.3 is 12.1 Å². The minimum absolute atomic E-state index is 0.0335. The number of esters is 1. The molecule has 0 spiro atoms. The van der Waals surface area contributed by atoms with E-state index in [1.165, 1.54) is 13.2 Å². The van der Waals surface area contributed by atoms with Crippen LogP contribution < -0.4 is 5.32 Å². The highest BCUT2D eigenvalue weighted by atomic mass is 35.5. The Kier molecular flexibility index (Phi) is 7.41. The second kappa shape index (κ2) is 9.34. The molecule has 9 heteroatoms. The van der Waals surface area contributed by atoms with Crippen LogP contribution in [0.2, 0.25) is 5.02 Å². The maximum atomic E-state index is 12.2. The summed E-state index contributed by atoms with van der Waals surface area (Å²) in [5.74, 6) is -0.533. The van der Waals surface area contributed by atoms with Gasteiger partial charge in [0.2, 0.25) is 0 Å². The number of carbonyl (C=O) groups is 2. The number of rotatable bonds is 5. The fourth-order valence-corrected chi connectivity index (χ4v) is 2.69. The van der Waals surface area contributed by atoms with Crippen molar-refractivity contribution < 1.29 is 23.8 Å². The topological polar surface area (TPSA) is 90.0 Å². The largest absolute Gasteiger partial charge is 0.464 e. The molecule has 1 fully saturated rings. The Bertz CT molecular complexity index is 677. The van der Waals surface area contributed by atoms with E-state index >= 15 is 0 Å². The van der Waals surface area contributed by atoms with E-state index in [2.05, 4.69) is 15.0 Å². The molecular formula is C18H26ClN3O5. The first-order chi connectivity index (χ1) is 12.7. The highest BCUT2D eigenvalue weighted by Gasteiger charge is 2.27. The Morgan fingerprint density at radius 1 is 1.37 bits per heavy atom. The molecule has 1 N–H and O–H groups in total. The fourth-order valence-electron chi connectivity index (χ4n) is 2.53. The van der Waals surface area contributed by atoms with Crippen LogP contribution in [0, 0.1) is 0 Å². The third-order valence-corrected chi connectivity index (χ3v) is 4.12. The number of methoxy groups -OCH3 is 1. The van der Waals surface area contributed by atoms with Gasteiger partial charge in [0.1, 0.15) is 11.3 Å². The first kappa shape index (κ1) is 21.4. The number of aromatic nitrogens is 1. The number of ether oxygens (including phenoxy) is 3. The molecule has 1 saturated heterocycles. The number of carbonyl (C=O) groups excluding carboxylic acids is 2. The second-order valence-electron chi connectivity index (χ2n) is 7.21. The average Bonchev–Trinajstić information content (AvgIpc) is 2.61. The van der Waals surface area contributed by atoms with Crippen molar-refractivity contribution >= 4 is 23.7 Å². The molecule has 1 aromatic heterocycles. The van der Waals surface area contributed by atoms with Gasteiger partial charge in [0.15, 0.2) is 0 Å². The summed E-state index contributed by atoms with van der Waals surface area (Å²) in [4.78, 5) is 29.6. The Hall–Kier alpha value is -1.90. The zero-order chi connectivity index (χ0) is 20.0. The van der Waals surface area contributed by atoms with Crippen LogP contribution in [0.4, 0.5) is 4.79 Å². The van der Waals surface area contributed by atoms with E-state index in [-0.39, 0.29) is 24.4 Å². The summed E-state index contributed by atoms with van der Waals surface area (Å²) in [5, 5.41) is 3.72. The first-order valence-corrected chi connectivity index (χ1v) is 9.10. The van der Waals surface area contributed by atoms with Crippen LogP contribution in [0.15, 0.2) is 12.1 Å². The van der Waals surface area contributed by atoms with Crippen LogP contribution in [0.5, 0.6) is 0 Å².